The minimum absolute atomic E-state index is 0.00180. The van der Waals surface area contributed by atoms with E-state index >= 15 is 4.39 Å². The number of ether oxygens (including phenoxy) is 2. The number of carboxylic acid groups (broad SMARTS) is 1. The highest BCUT2D eigenvalue weighted by molar-refractivity contribution is 5.92. The number of anilines is 3. The predicted molar refractivity (Wildman–Crippen MR) is 148 cm³/mol. The van der Waals surface area contributed by atoms with Crippen LogP contribution in [-0.4, -0.2) is 63.0 Å². The molecule has 0 saturated heterocycles. The summed E-state index contributed by atoms with van der Waals surface area (Å²) in [5.41, 5.74) is 11.8. The van der Waals surface area contributed by atoms with Gasteiger partial charge >= 0.3 is 5.97 Å². The van der Waals surface area contributed by atoms with E-state index in [0.29, 0.717) is 17.5 Å². The van der Waals surface area contributed by atoms with Gasteiger partial charge in [-0.2, -0.15) is 4.98 Å². The van der Waals surface area contributed by atoms with Crippen molar-refractivity contribution in [2.45, 2.75) is 25.3 Å². The Morgan fingerprint density at radius 2 is 2.00 bits per heavy atom. The van der Waals surface area contributed by atoms with Gasteiger partial charge < -0.3 is 40.6 Å². The van der Waals surface area contributed by atoms with Crippen LogP contribution in [0.15, 0.2) is 35.4 Å². The van der Waals surface area contributed by atoms with Crippen molar-refractivity contribution in [3.05, 3.63) is 63.3 Å². The molecule has 6 N–H and O–H groups in total. The van der Waals surface area contributed by atoms with Gasteiger partial charge in [-0.15, -0.1) is 0 Å². The normalized spacial score (nSPS) is 12.9. The summed E-state index contributed by atoms with van der Waals surface area (Å²) in [5, 5.41) is 20.0. The maximum Gasteiger partial charge on any atom is 0.341 e. The molecule has 41 heavy (non-hydrogen) atoms. The number of fused-ring (bicyclic) bond motifs is 1. The zero-order valence-electron chi connectivity index (χ0n) is 22.3. The molecule has 1 fully saturated rings. The number of benzene rings is 1. The third-order valence-electron chi connectivity index (χ3n) is 6.77. The Bertz CT molecular complexity index is 1720. The molecule has 3 heterocycles. The second-order valence-electron chi connectivity index (χ2n) is 9.71. The highest BCUT2D eigenvalue weighted by atomic mass is 19.1. The van der Waals surface area contributed by atoms with E-state index in [4.69, 9.17) is 20.9 Å². The molecule has 3 aromatic heterocycles. The topological polar surface area (TPSA) is 192 Å². The second-order valence-corrected chi connectivity index (χ2v) is 9.71. The summed E-state index contributed by atoms with van der Waals surface area (Å²) in [6, 6.07) is 4.21. The van der Waals surface area contributed by atoms with Crippen LogP contribution in [0.4, 0.5) is 22.0 Å². The fourth-order valence-electron chi connectivity index (χ4n) is 4.51. The van der Waals surface area contributed by atoms with Crippen LogP contribution in [0.25, 0.3) is 11.0 Å². The zero-order valence-corrected chi connectivity index (χ0v) is 22.3. The van der Waals surface area contributed by atoms with E-state index in [1.807, 2.05) is 0 Å². The number of phenolic OH excluding ortho intramolecular Hbond substituents is 1. The lowest BCUT2D eigenvalue weighted by Gasteiger charge is -2.21. The molecule has 0 aliphatic heterocycles. The van der Waals surface area contributed by atoms with Crippen molar-refractivity contribution < 1.29 is 28.9 Å². The average molecular weight is 566 g/mol. The number of aromatic hydroxyl groups is 1. The number of rotatable bonds is 10. The molecule has 0 bridgehead atoms. The molecule has 1 aromatic carbocycles. The van der Waals surface area contributed by atoms with E-state index in [9.17, 15) is 19.8 Å². The summed E-state index contributed by atoms with van der Waals surface area (Å²) >= 11 is 0. The van der Waals surface area contributed by atoms with Crippen molar-refractivity contribution >= 4 is 34.6 Å². The molecule has 0 spiro atoms. The number of carboxylic acids is 1. The number of nitrogen functional groups attached to an aromatic ring is 2. The van der Waals surface area contributed by atoms with Crippen molar-refractivity contribution in [3.63, 3.8) is 0 Å². The van der Waals surface area contributed by atoms with Crippen molar-refractivity contribution in [2.75, 3.05) is 43.7 Å². The molecule has 0 atom stereocenters. The summed E-state index contributed by atoms with van der Waals surface area (Å²) in [5.74, 6) is -1.70. The van der Waals surface area contributed by atoms with E-state index in [-0.39, 0.29) is 65.1 Å². The number of halogens is 1. The Morgan fingerprint density at radius 1 is 1.24 bits per heavy atom. The Balaban J connectivity index is 1.34. The lowest BCUT2D eigenvalue weighted by Crippen LogP contribution is -2.27. The van der Waals surface area contributed by atoms with Crippen molar-refractivity contribution in [2.24, 2.45) is 0 Å². The van der Waals surface area contributed by atoms with Crippen LogP contribution in [0.3, 0.4) is 0 Å². The number of nitrogens with two attached hydrogens (primary N) is 2. The minimum atomic E-state index is -1.37. The molecular weight excluding hydrogens is 537 g/mol. The van der Waals surface area contributed by atoms with Gasteiger partial charge in [-0.3, -0.25) is 4.79 Å². The van der Waals surface area contributed by atoms with E-state index < -0.39 is 22.8 Å². The van der Waals surface area contributed by atoms with Gasteiger partial charge in [0.2, 0.25) is 17.1 Å². The summed E-state index contributed by atoms with van der Waals surface area (Å²) < 4.78 is 28.0. The number of hydrogen-bond donors (Lipinski definition) is 4. The third-order valence-corrected chi connectivity index (χ3v) is 6.77. The van der Waals surface area contributed by atoms with Crippen molar-refractivity contribution in [1.29, 1.82) is 0 Å². The Hall–Kier alpha value is -5.14. The zero-order chi connectivity index (χ0) is 29.4. The van der Waals surface area contributed by atoms with Crippen LogP contribution in [0.1, 0.15) is 40.4 Å². The van der Waals surface area contributed by atoms with Crippen LogP contribution in [0, 0.1) is 5.82 Å². The second kappa shape index (κ2) is 10.8. The lowest BCUT2D eigenvalue weighted by atomic mass is 10.1. The highest BCUT2D eigenvalue weighted by Gasteiger charge is 2.28. The highest BCUT2D eigenvalue weighted by Crippen LogP contribution is 2.39. The van der Waals surface area contributed by atoms with E-state index in [1.165, 1.54) is 30.5 Å². The first-order valence-electron chi connectivity index (χ1n) is 12.7. The predicted octanol–water partition coefficient (Wildman–Crippen LogP) is 2.34. The molecule has 4 aromatic rings. The molecule has 14 heteroatoms. The number of aromatic carboxylic acids is 1. The van der Waals surface area contributed by atoms with Crippen LogP contribution < -0.4 is 31.3 Å². The molecular formula is C27H28FN7O6. The quantitative estimate of drug-likeness (QED) is 0.220. The van der Waals surface area contributed by atoms with Crippen LogP contribution in [0.2, 0.25) is 0 Å². The number of likely N-dealkylation sites (N-methyl/N-ethyl adjacent to an activating group) is 1. The summed E-state index contributed by atoms with van der Waals surface area (Å²) in [6.45, 7) is 0.172. The van der Waals surface area contributed by atoms with Gasteiger partial charge in [0, 0.05) is 37.5 Å². The number of phenols is 1. The molecule has 0 unspecified atom stereocenters. The Kier molecular flexibility index (Phi) is 7.22. The molecule has 0 radical (unpaired) electrons. The molecule has 1 aliphatic carbocycles. The van der Waals surface area contributed by atoms with Gasteiger partial charge in [-0.05, 0) is 36.6 Å². The fraction of sp³-hybridized carbons (Fsp3) is 0.296. The molecule has 1 aliphatic rings. The van der Waals surface area contributed by atoms with Crippen molar-refractivity contribution in [3.8, 4) is 17.2 Å². The minimum Gasteiger partial charge on any atom is -0.504 e. The maximum absolute atomic E-state index is 15.1. The SMILES string of the molecule is COc1cc(Cc2cnc(N)nc2N)cc(O)c1OCCN(C)c1nc2c(cc1F)c(=O)c(C(=O)O)cn2C1CC1. The first-order chi connectivity index (χ1) is 19.6. The van der Waals surface area contributed by atoms with Gasteiger partial charge in [0.15, 0.2) is 23.1 Å². The number of pyridine rings is 2. The first kappa shape index (κ1) is 27.4. The molecule has 5 rings (SSSR count). The average Bonchev–Trinajstić information content (AvgIpc) is 3.76. The largest absolute Gasteiger partial charge is 0.504 e. The van der Waals surface area contributed by atoms with Gasteiger partial charge in [-0.25, -0.2) is 19.2 Å². The van der Waals surface area contributed by atoms with Gasteiger partial charge in [0.05, 0.1) is 19.0 Å². The van der Waals surface area contributed by atoms with Crippen molar-refractivity contribution in [1.82, 2.24) is 19.5 Å². The van der Waals surface area contributed by atoms with Gasteiger partial charge in [0.1, 0.15) is 23.6 Å². The number of nitrogens with zero attached hydrogens (tertiary/aromatic N) is 5. The summed E-state index contributed by atoms with van der Waals surface area (Å²) in [7, 11) is 3.03. The number of aromatic nitrogens is 4. The summed E-state index contributed by atoms with van der Waals surface area (Å²) in [6.07, 6.45) is 4.71. The van der Waals surface area contributed by atoms with Crippen LogP contribution in [-0.2, 0) is 6.42 Å². The third kappa shape index (κ3) is 5.48. The van der Waals surface area contributed by atoms with E-state index in [2.05, 4.69) is 15.0 Å². The smallest absolute Gasteiger partial charge is 0.341 e. The number of hydrogen-bond acceptors (Lipinski definition) is 11. The Morgan fingerprint density at radius 3 is 2.66 bits per heavy atom. The molecule has 0 amide bonds. The Labute approximate surface area is 232 Å². The molecule has 214 valence electrons. The number of carbonyl (C=O) groups is 1. The van der Waals surface area contributed by atoms with Gasteiger partial charge in [-0.1, -0.05) is 0 Å². The van der Waals surface area contributed by atoms with Crippen LogP contribution in [0.5, 0.6) is 17.2 Å². The lowest BCUT2D eigenvalue weighted by molar-refractivity contribution is 0.0694. The van der Waals surface area contributed by atoms with Gasteiger partial charge in [0.25, 0.3) is 0 Å². The first-order valence-corrected chi connectivity index (χ1v) is 12.7. The standard InChI is InChI=1S/C27H28FN7O6/c1-34(25-18(28)10-16-21(37)17(26(38)39)12-35(15-3-4-15)24(16)33-25)5-6-41-22-19(36)8-13(9-20(22)40-2)7-14-11-31-27(30)32-23(14)29/h8-12,15,36H,3-7H2,1-2H3,(H,38,39)(H4,29,30,31,32). The fourth-order valence-corrected chi connectivity index (χ4v) is 4.51. The molecule has 13 nitrogen and oxygen atoms in total. The van der Waals surface area contributed by atoms with Crippen LogP contribution >= 0.6 is 0 Å². The molecule has 1 saturated carbocycles. The van der Waals surface area contributed by atoms with E-state index in [0.717, 1.165) is 18.9 Å². The summed E-state index contributed by atoms with van der Waals surface area (Å²) in [4.78, 5) is 38.0. The maximum atomic E-state index is 15.1. The number of methoxy groups -OCH3 is 1. The monoisotopic (exact) mass is 565 g/mol. The van der Waals surface area contributed by atoms with E-state index in [1.54, 1.807) is 17.7 Å².